The SMILES string of the molecule is CC(C)C[C@]1(CCO)C[C@H](CNC(=S)Nc2ccc(-c3c4ccc(=O)cc-4oc4cc(O)ccc34)c(C(=O)O)c2)ON1Cc1ccc(C(F)(F)F)cc1. The molecule has 5 N–H and O–H groups in total. The molecule has 1 fully saturated rings. The number of aliphatic hydroxyl groups excluding tert-OH is 1. The molecule has 278 valence electrons. The summed E-state index contributed by atoms with van der Waals surface area (Å²) in [6.45, 7) is 4.48. The summed E-state index contributed by atoms with van der Waals surface area (Å²) < 4.78 is 45.4. The van der Waals surface area contributed by atoms with Crippen LogP contribution in [-0.4, -0.2) is 56.3 Å². The van der Waals surface area contributed by atoms with Crippen LogP contribution in [0.2, 0.25) is 0 Å². The van der Waals surface area contributed by atoms with Gasteiger partial charge in [0.05, 0.1) is 22.8 Å². The number of carbonyl (C=O) groups is 1. The van der Waals surface area contributed by atoms with Crippen molar-refractivity contribution >= 4 is 40.0 Å². The zero-order chi connectivity index (χ0) is 38.1. The van der Waals surface area contributed by atoms with Crippen molar-refractivity contribution in [3.8, 4) is 28.2 Å². The van der Waals surface area contributed by atoms with Gasteiger partial charge in [-0.15, -0.1) is 0 Å². The molecule has 2 atom stereocenters. The summed E-state index contributed by atoms with van der Waals surface area (Å²) in [6, 6.07) is 18.4. The lowest BCUT2D eigenvalue weighted by Crippen LogP contribution is -2.44. The van der Waals surface area contributed by atoms with Gasteiger partial charge in [0, 0.05) is 54.0 Å². The third-order valence-electron chi connectivity index (χ3n) is 9.33. The summed E-state index contributed by atoms with van der Waals surface area (Å²) in [4.78, 5) is 31.2. The van der Waals surface area contributed by atoms with E-state index in [0.29, 0.717) is 52.6 Å². The second-order valence-electron chi connectivity index (χ2n) is 13.7. The molecule has 3 aromatic rings. The number of thiocarbonyl (C=S) groups is 1. The molecule has 3 aliphatic rings. The van der Waals surface area contributed by atoms with Gasteiger partial charge in [0.1, 0.15) is 17.1 Å². The molecule has 0 unspecified atom stereocenters. The number of anilines is 1. The van der Waals surface area contributed by atoms with E-state index in [1.54, 1.807) is 29.3 Å². The summed E-state index contributed by atoms with van der Waals surface area (Å²) >= 11 is 5.58. The van der Waals surface area contributed by atoms with Gasteiger partial charge in [0.15, 0.2) is 10.5 Å². The number of hydrogen-bond acceptors (Lipinski definition) is 8. The van der Waals surface area contributed by atoms with Gasteiger partial charge in [0.25, 0.3) is 0 Å². The maximum Gasteiger partial charge on any atom is 0.416 e. The van der Waals surface area contributed by atoms with Crippen molar-refractivity contribution in [1.82, 2.24) is 10.4 Å². The number of aromatic hydroxyl groups is 1. The van der Waals surface area contributed by atoms with Gasteiger partial charge in [-0.3, -0.25) is 9.63 Å². The minimum absolute atomic E-state index is 0.0496. The van der Waals surface area contributed by atoms with Crippen LogP contribution >= 0.6 is 12.2 Å². The van der Waals surface area contributed by atoms with Crippen molar-refractivity contribution in [2.45, 2.75) is 57.5 Å². The molecule has 14 heteroatoms. The maximum atomic E-state index is 13.2. The molecule has 0 radical (unpaired) electrons. The number of rotatable bonds is 11. The Hall–Kier alpha value is -5.02. The van der Waals surface area contributed by atoms with Gasteiger partial charge in [0.2, 0.25) is 0 Å². The van der Waals surface area contributed by atoms with E-state index in [1.165, 1.54) is 42.5 Å². The number of aromatic carboxylic acids is 1. The van der Waals surface area contributed by atoms with E-state index in [4.69, 9.17) is 21.5 Å². The van der Waals surface area contributed by atoms with Crippen molar-refractivity contribution in [2.75, 3.05) is 18.5 Å². The highest BCUT2D eigenvalue weighted by Gasteiger charge is 2.47. The van der Waals surface area contributed by atoms with Crippen molar-refractivity contribution in [3.05, 3.63) is 106 Å². The fourth-order valence-electron chi connectivity index (χ4n) is 7.16. The van der Waals surface area contributed by atoms with E-state index >= 15 is 0 Å². The number of fused-ring (bicyclic) bond motifs is 2. The molecule has 3 aromatic carbocycles. The van der Waals surface area contributed by atoms with Gasteiger partial charge < -0.3 is 30.4 Å². The van der Waals surface area contributed by atoms with Crippen LogP contribution in [0.25, 0.3) is 33.4 Å². The fourth-order valence-corrected chi connectivity index (χ4v) is 7.37. The average Bonchev–Trinajstić information content (AvgIpc) is 3.41. The van der Waals surface area contributed by atoms with Crippen LogP contribution in [-0.2, 0) is 17.6 Å². The topological polar surface area (TPSA) is 144 Å². The van der Waals surface area contributed by atoms with E-state index in [0.717, 1.165) is 12.1 Å². The number of phenolic OH excluding ortho intramolecular Hbond substituents is 1. The van der Waals surface area contributed by atoms with Crippen LogP contribution in [0.15, 0.2) is 88.1 Å². The van der Waals surface area contributed by atoms with Crippen molar-refractivity contribution < 1.29 is 42.5 Å². The van der Waals surface area contributed by atoms with Crippen LogP contribution in [0.5, 0.6) is 5.75 Å². The Morgan fingerprint density at radius 3 is 2.45 bits per heavy atom. The highest BCUT2D eigenvalue weighted by Crippen LogP contribution is 2.43. The molecular formula is C39H38F3N3O7S. The van der Waals surface area contributed by atoms with Crippen molar-refractivity contribution in [1.29, 1.82) is 0 Å². The smallest absolute Gasteiger partial charge is 0.416 e. The highest BCUT2D eigenvalue weighted by atomic mass is 32.1. The summed E-state index contributed by atoms with van der Waals surface area (Å²) in [7, 11) is 0. The van der Waals surface area contributed by atoms with E-state index in [-0.39, 0.29) is 58.8 Å². The number of carboxylic acid groups (broad SMARTS) is 1. The minimum Gasteiger partial charge on any atom is -0.508 e. The fraction of sp³-hybridized carbons (Fsp3) is 0.308. The zero-order valence-electron chi connectivity index (χ0n) is 28.9. The first-order chi connectivity index (χ1) is 25.2. The van der Waals surface area contributed by atoms with E-state index in [2.05, 4.69) is 24.5 Å². The number of nitrogens with one attached hydrogen (secondary N) is 2. The molecule has 0 amide bonds. The first-order valence-corrected chi connectivity index (χ1v) is 17.4. The molecule has 1 saturated heterocycles. The molecule has 1 aliphatic carbocycles. The number of benzene rings is 4. The average molecular weight is 750 g/mol. The predicted molar refractivity (Wildman–Crippen MR) is 198 cm³/mol. The third kappa shape index (κ3) is 8.31. The first-order valence-electron chi connectivity index (χ1n) is 17.0. The number of phenols is 1. The molecule has 10 nitrogen and oxygen atoms in total. The maximum absolute atomic E-state index is 13.2. The van der Waals surface area contributed by atoms with Crippen LogP contribution in [0, 0.1) is 5.92 Å². The Morgan fingerprint density at radius 2 is 1.77 bits per heavy atom. The Kier molecular flexibility index (Phi) is 10.8. The molecule has 53 heavy (non-hydrogen) atoms. The molecule has 0 aromatic heterocycles. The lowest BCUT2D eigenvalue weighted by Gasteiger charge is -2.37. The van der Waals surface area contributed by atoms with Crippen LogP contribution in [0.4, 0.5) is 18.9 Å². The molecule has 0 bridgehead atoms. The minimum atomic E-state index is -4.45. The lowest BCUT2D eigenvalue weighted by molar-refractivity contribution is -0.200. The van der Waals surface area contributed by atoms with Gasteiger partial charge in [-0.25, -0.2) is 4.79 Å². The summed E-state index contributed by atoms with van der Waals surface area (Å²) in [6.07, 6.45) is -3.24. The molecule has 0 saturated carbocycles. The normalized spacial score (nSPS) is 17.8. The summed E-state index contributed by atoms with van der Waals surface area (Å²) in [5, 5.41) is 39.1. The second kappa shape index (κ2) is 15.1. The Morgan fingerprint density at radius 1 is 1.04 bits per heavy atom. The second-order valence-corrected chi connectivity index (χ2v) is 14.1. The molecule has 0 spiro atoms. The Balaban J connectivity index is 1.20. The molecular weight excluding hydrogens is 712 g/mol. The number of nitrogens with zero attached hydrogens (tertiary/aromatic N) is 1. The zero-order valence-corrected chi connectivity index (χ0v) is 29.7. The van der Waals surface area contributed by atoms with Crippen LogP contribution in [0.1, 0.15) is 54.6 Å². The Bertz CT molecular complexity index is 2170. The number of aliphatic hydroxyl groups is 1. The molecule has 6 rings (SSSR count). The van der Waals surface area contributed by atoms with Crippen LogP contribution < -0.4 is 16.1 Å². The van der Waals surface area contributed by atoms with Crippen LogP contribution in [0.3, 0.4) is 0 Å². The van der Waals surface area contributed by atoms with E-state index < -0.39 is 29.4 Å². The Labute approximate surface area is 308 Å². The number of alkyl halides is 3. The van der Waals surface area contributed by atoms with Gasteiger partial charge in [-0.05, 0) is 97.1 Å². The van der Waals surface area contributed by atoms with Gasteiger partial charge in [-0.2, -0.15) is 18.2 Å². The molecule has 2 heterocycles. The van der Waals surface area contributed by atoms with Gasteiger partial charge >= 0.3 is 12.1 Å². The quantitative estimate of drug-likeness (QED) is 0.0671. The van der Waals surface area contributed by atoms with Crippen molar-refractivity contribution in [3.63, 3.8) is 0 Å². The number of carboxylic acids is 1. The number of halogens is 3. The van der Waals surface area contributed by atoms with Gasteiger partial charge in [-0.1, -0.05) is 32.0 Å². The monoisotopic (exact) mass is 749 g/mol. The van der Waals surface area contributed by atoms with Crippen molar-refractivity contribution in [2.24, 2.45) is 5.92 Å². The lowest BCUT2D eigenvalue weighted by atomic mass is 9.81. The number of hydroxylamine groups is 2. The van der Waals surface area contributed by atoms with E-state index in [1.807, 2.05) is 0 Å². The summed E-state index contributed by atoms with van der Waals surface area (Å²) in [5.74, 6) is -0.795. The van der Waals surface area contributed by atoms with E-state index in [9.17, 15) is 38.1 Å². The molecule has 2 aliphatic heterocycles. The standard InChI is InChI=1S/C39H38F3N3O7S/c1-22(2)18-38(13-14-46)19-28(52-45(38)21-23-3-5-24(6-4-23)39(40,41)42)20-43-37(53)44-25-7-10-29(32(15-25)36(49)50)35-30-11-8-26(47)16-33(30)51-34-17-27(48)9-12-31(34)35/h3-12,15-17,22,28,46-47H,13-14,18-21H2,1-2H3,(H,49,50)(H2,43,44,53)/t28-,38-/m1/s1. The number of hydrogen-bond donors (Lipinski definition) is 5. The first kappa shape index (κ1) is 37.7. The third-order valence-corrected chi connectivity index (χ3v) is 9.58. The highest BCUT2D eigenvalue weighted by molar-refractivity contribution is 7.80. The predicted octanol–water partition coefficient (Wildman–Crippen LogP) is 7.65. The summed E-state index contributed by atoms with van der Waals surface area (Å²) in [5.41, 5.74) is 1.02. The largest absolute Gasteiger partial charge is 0.508 e.